The van der Waals surface area contributed by atoms with E-state index in [-0.39, 0.29) is 24.8 Å². The molecule has 0 spiro atoms. The molecule has 1 unspecified atom stereocenters. The molecule has 2 atom stereocenters. The molecule has 0 radical (unpaired) electrons. The fraction of sp³-hybridized carbons (Fsp3) is 0.281. The Hall–Kier alpha value is -4.23. The molecule has 7 heteroatoms. The first kappa shape index (κ1) is 25.1. The lowest BCUT2D eigenvalue weighted by atomic mass is 9.92. The van der Waals surface area contributed by atoms with Gasteiger partial charge in [-0.05, 0) is 80.5 Å². The van der Waals surface area contributed by atoms with Gasteiger partial charge in [-0.1, -0.05) is 36.4 Å². The minimum Gasteiger partial charge on any atom is -0.489 e. The van der Waals surface area contributed by atoms with Crippen LogP contribution in [0.1, 0.15) is 35.3 Å². The number of likely N-dealkylation sites (N-methyl/N-ethyl adjacent to an activating group) is 1. The summed E-state index contributed by atoms with van der Waals surface area (Å²) < 4.78 is 17.2. The monoisotopic (exact) mass is 523 g/mol. The summed E-state index contributed by atoms with van der Waals surface area (Å²) >= 11 is 0. The van der Waals surface area contributed by atoms with E-state index in [1.165, 1.54) is 10.9 Å². The van der Waals surface area contributed by atoms with E-state index < -0.39 is 0 Å². The Bertz CT molecular complexity index is 1520. The van der Waals surface area contributed by atoms with Crippen molar-refractivity contribution in [1.29, 1.82) is 0 Å². The third-order valence-corrected chi connectivity index (χ3v) is 7.29. The second-order valence-corrected chi connectivity index (χ2v) is 10.5. The zero-order valence-corrected chi connectivity index (χ0v) is 22.5. The van der Waals surface area contributed by atoms with Crippen LogP contribution in [0.5, 0.6) is 17.2 Å². The number of nitrogens with zero attached hydrogens (tertiary/aromatic N) is 2. The van der Waals surface area contributed by atoms with Gasteiger partial charge in [0.2, 0.25) is 12.7 Å². The van der Waals surface area contributed by atoms with Gasteiger partial charge < -0.3 is 29.0 Å². The molecular formula is C32H33N3O4. The second kappa shape index (κ2) is 10.5. The molecule has 2 aliphatic heterocycles. The Morgan fingerprint density at radius 2 is 1.90 bits per heavy atom. The van der Waals surface area contributed by atoms with Crippen molar-refractivity contribution in [3.63, 3.8) is 0 Å². The standard InChI is InChI=1S/C32H33N3O4/c1-21(19-34(2)3)39-24-12-8-22(9-13-24)10-15-30(36)35-17-16-26-25-6-4-5-7-27(25)33-31(26)32(35)23-11-14-28-29(18-23)38-20-37-28/h4-15,18,21,32-33H,16-17,19-20H2,1-3H3/b15-10+/t21-,32?/m1/s1. The molecule has 2 aliphatic rings. The van der Waals surface area contributed by atoms with Crippen molar-refractivity contribution in [3.8, 4) is 17.2 Å². The number of fused-ring (bicyclic) bond motifs is 4. The van der Waals surface area contributed by atoms with Gasteiger partial charge in [-0.25, -0.2) is 0 Å². The largest absolute Gasteiger partial charge is 0.489 e. The van der Waals surface area contributed by atoms with E-state index in [4.69, 9.17) is 14.2 Å². The number of aromatic amines is 1. The number of nitrogens with one attached hydrogen (secondary N) is 1. The summed E-state index contributed by atoms with van der Waals surface area (Å²) in [6.45, 7) is 3.73. The van der Waals surface area contributed by atoms with Gasteiger partial charge in [0, 0.05) is 35.8 Å². The first-order valence-electron chi connectivity index (χ1n) is 13.4. The number of hydrogen-bond donors (Lipinski definition) is 1. The molecule has 6 rings (SSSR count). The number of benzene rings is 3. The first-order valence-corrected chi connectivity index (χ1v) is 13.4. The second-order valence-electron chi connectivity index (χ2n) is 10.5. The van der Waals surface area contributed by atoms with Crippen molar-refractivity contribution in [1.82, 2.24) is 14.8 Å². The van der Waals surface area contributed by atoms with Crippen LogP contribution < -0.4 is 14.2 Å². The van der Waals surface area contributed by atoms with Crippen molar-refractivity contribution in [2.24, 2.45) is 0 Å². The van der Waals surface area contributed by atoms with Gasteiger partial charge in [-0.3, -0.25) is 4.79 Å². The van der Waals surface area contributed by atoms with Crippen LogP contribution in [0.3, 0.4) is 0 Å². The smallest absolute Gasteiger partial charge is 0.247 e. The third-order valence-electron chi connectivity index (χ3n) is 7.29. The molecule has 1 N–H and O–H groups in total. The summed E-state index contributed by atoms with van der Waals surface area (Å²) in [5, 5.41) is 1.21. The molecule has 0 fully saturated rings. The Kier molecular flexibility index (Phi) is 6.75. The van der Waals surface area contributed by atoms with E-state index in [0.29, 0.717) is 12.3 Å². The van der Waals surface area contributed by atoms with E-state index in [9.17, 15) is 4.79 Å². The summed E-state index contributed by atoms with van der Waals surface area (Å²) in [6, 6.07) is 21.9. The fourth-order valence-electron chi connectivity index (χ4n) is 5.61. The number of para-hydroxylation sites is 1. The average Bonchev–Trinajstić information content (AvgIpc) is 3.55. The third kappa shape index (κ3) is 5.10. The van der Waals surface area contributed by atoms with Gasteiger partial charge in [-0.15, -0.1) is 0 Å². The molecule has 200 valence electrons. The van der Waals surface area contributed by atoms with Crippen LogP contribution in [0.4, 0.5) is 0 Å². The molecule has 39 heavy (non-hydrogen) atoms. The number of H-pyrrole nitrogens is 1. The van der Waals surface area contributed by atoms with E-state index in [1.54, 1.807) is 6.08 Å². The summed E-state index contributed by atoms with van der Waals surface area (Å²) in [4.78, 5) is 21.3. The van der Waals surface area contributed by atoms with Gasteiger partial charge >= 0.3 is 0 Å². The quantitative estimate of drug-likeness (QED) is 0.328. The zero-order valence-electron chi connectivity index (χ0n) is 22.5. The summed E-state index contributed by atoms with van der Waals surface area (Å²) in [5.74, 6) is 2.22. The van der Waals surface area contributed by atoms with E-state index in [1.807, 2.05) is 73.6 Å². The Balaban J connectivity index is 1.27. The number of amides is 1. The highest BCUT2D eigenvalue weighted by atomic mass is 16.7. The highest BCUT2D eigenvalue weighted by molar-refractivity contribution is 5.93. The van der Waals surface area contributed by atoms with Gasteiger partial charge in [-0.2, -0.15) is 0 Å². The number of carbonyl (C=O) groups excluding carboxylic acids is 1. The molecule has 7 nitrogen and oxygen atoms in total. The Labute approximate surface area is 228 Å². The van der Waals surface area contributed by atoms with Crippen molar-refractivity contribution >= 4 is 22.9 Å². The molecule has 0 saturated carbocycles. The summed E-state index contributed by atoms with van der Waals surface area (Å²) in [6.07, 6.45) is 4.41. The minimum atomic E-state index is -0.262. The molecule has 1 aromatic heterocycles. The first-order chi connectivity index (χ1) is 19.0. The van der Waals surface area contributed by atoms with E-state index in [0.717, 1.165) is 46.8 Å². The number of carbonyl (C=O) groups is 1. The van der Waals surface area contributed by atoms with Crippen LogP contribution >= 0.6 is 0 Å². The van der Waals surface area contributed by atoms with Gasteiger partial charge in [0.15, 0.2) is 11.5 Å². The lowest BCUT2D eigenvalue weighted by Crippen LogP contribution is -2.39. The molecule has 1 amide bonds. The molecular weight excluding hydrogens is 490 g/mol. The predicted octanol–water partition coefficient (Wildman–Crippen LogP) is 5.41. The fourth-order valence-corrected chi connectivity index (χ4v) is 5.61. The number of rotatable bonds is 7. The maximum Gasteiger partial charge on any atom is 0.247 e. The van der Waals surface area contributed by atoms with Crippen LogP contribution in [-0.2, 0) is 11.2 Å². The molecule has 3 aromatic carbocycles. The van der Waals surface area contributed by atoms with Crippen molar-refractivity contribution in [2.45, 2.75) is 25.5 Å². The topological polar surface area (TPSA) is 67.0 Å². The van der Waals surface area contributed by atoms with Crippen molar-refractivity contribution in [3.05, 3.63) is 95.2 Å². The number of ether oxygens (including phenoxy) is 3. The lowest BCUT2D eigenvalue weighted by Gasteiger charge is -2.35. The summed E-state index contributed by atoms with van der Waals surface area (Å²) in [5.41, 5.74) is 5.33. The maximum atomic E-state index is 13.7. The molecule has 0 saturated heterocycles. The molecule has 0 bridgehead atoms. The Morgan fingerprint density at radius 3 is 2.72 bits per heavy atom. The van der Waals surface area contributed by atoms with E-state index in [2.05, 4.69) is 35.0 Å². The molecule has 0 aliphatic carbocycles. The van der Waals surface area contributed by atoms with Crippen LogP contribution in [0.15, 0.2) is 72.8 Å². The van der Waals surface area contributed by atoms with Crippen molar-refractivity contribution in [2.75, 3.05) is 34.0 Å². The van der Waals surface area contributed by atoms with Crippen LogP contribution in [-0.4, -0.2) is 60.8 Å². The van der Waals surface area contributed by atoms with E-state index >= 15 is 0 Å². The Morgan fingerprint density at radius 1 is 1.10 bits per heavy atom. The van der Waals surface area contributed by atoms with Gasteiger partial charge in [0.25, 0.3) is 0 Å². The maximum absolute atomic E-state index is 13.7. The highest BCUT2D eigenvalue weighted by Gasteiger charge is 2.34. The number of aromatic nitrogens is 1. The summed E-state index contributed by atoms with van der Waals surface area (Å²) in [7, 11) is 4.06. The van der Waals surface area contributed by atoms with Gasteiger partial charge in [0.1, 0.15) is 11.9 Å². The van der Waals surface area contributed by atoms with Gasteiger partial charge in [0.05, 0.1) is 6.04 Å². The molecule has 4 aromatic rings. The SMILES string of the molecule is C[C@H](CN(C)C)Oc1ccc(/C=C/C(=O)N2CCc3c([nH]c4ccccc34)C2c2ccc3c(c2)OCO3)cc1. The van der Waals surface area contributed by atoms with Crippen LogP contribution in [0, 0.1) is 0 Å². The van der Waals surface area contributed by atoms with Crippen molar-refractivity contribution < 1.29 is 19.0 Å². The normalized spacial score (nSPS) is 17.1. The number of hydrogen-bond acceptors (Lipinski definition) is 5. The average molecular weight is 524 g/mol. The lowest BCUT2D eigenvalue weighted by molar-refractivity contribution is -0.128. The zero-order chi connectivity index (χ0) is 26.9. The molecule has 3 heterocycles. The predicted molar refractivity (Wildman–Crippen MR) is 152 cm³/mol. The van der Waals surface area contributed by atoms with Crippen LogP contribution in [0.25, 0.3) is 17.0 Å². The highest BCUT2D eigenvalue weighted by Crippen LogP contribution is 2.42. The van der Waals surface area contributed by atoms with Crippen LogP contribution in [0.2, 0.25) is 0 Å². The minimum absolute atomic E-state index is 0.0399.